The molecule has 0 radical (unpaired) electrons. The Bertz CT molecular complexity index is 353. The molecule has 0 unspecified atom stereocenters. The van der Waals surface area contributed by atoms with Crippen LogP contribution in [0.1, 0.15) is 32.6 Å². The van der Waals surface area contributed by atoms with E-state index in [1.165, 1.54) is 12.8 Å². The molecule has 0 saturated carbocycles. The summed E-state index contributed by atoms with van der Waals surface area (Å²) in [7, 11) is 0. The van der Waals surface area contributed by atoms with Gasteiger partial charge in [0.1, 0.15) is 0 Å². The Kier molecular flexibility index (Phi) is 5.20. The van der Waals surface area contributed by atoms with Gasteiger partial charge in [0.25, 0.3) is 0 Å². The lowest BCUT2D eigenvalue weighted by Crippen LogP contribution is -2.24. The molecule has 0 aliphatic carbocycles. The minimum absolute atomic E-state index is 0.647. The first kappa shape index (κ1) is 13.1. The van der Waals surface area contributed by atoms with Crippen LogP contribution in [0.25, 0.3) is 0 Å². The van der Waals surface area contributed by atoms with Crippen LogP contribution in [0.4, 0.5) is 5.95 Å². The third-order valence-electron chi connectivity index (χ3n) is 3.02. The quantitative estimate of drug-likeness (QED) is 0.773. The van der Waals surface area contributed by atoms with Crippen LogP contribution in [0.2, 0.25) is 0 Å². The average molecular weight is 250 g/mol. The zero-order valence-electron chi connectivity index (χ0n) is 11.0. The molecule has 1 saturated heterocycles. The molecule has 5 nitrogen and oxygen atoms in total. The number of aromatic nitrogens is 2. The van der Waals surface area contributed by atoms with Gasteiger partial charge in [-0.3, -0.25) is 0 Å². The molecule has 1 aromatic heterocycles. The second kappa shape index (κ2) is 7.16. The van der Waals surface area contributed by atoms with E-state index in [9.17, 15) is 0 Å². The van der Waals surface area contributed by atoms with Crippen LogP contribution in [0.3, 0.4) is 0 Å². The molecule has 1 aromatic rings. The summed E-state index contributed by atoms with van der Waals surface area (Å²) in [6.07, 6.45) is 6.40. The number of hydrogen-bond acceptors (Lipinski definition) is 5. The van der Waals surface area contributed by atoms with Gasteiger partial charge in [0.05, 0.1) is 6.61 Å². The van der Waals surface area contributed by atoms with Crippen molar-refractivity contribution in [1.29, 1.82) is 0 Å². The molecule has 0 amide bonds. The van der Waals surface area contributed by atoms with E-state index in [0.29, 0.717) is 24.5 Å². The lowest BCUT2D eigenvalue weighted by molar-refractivity contribution is 0.305. The highest BCUT2D eigenvalue weighted by molar-refractivity contribution is 5.27. The molecule has 18 heavy (non-hydrogen) atoms. The SMILES string of the molecule is CCCOc1ccnc(NCC[C@H]2CCCN2)n1. The standard InChI is InChI=1S/C13H22N4O/c1-2-10-18-12-6-9-16-13(17-12)15-8-5-11-4-3-7-14-11/h6,9,11,14H,2-5,7-8,10H2,1H3,(H,15,16,17)/t11-/m1/s1. The predicted molar refractivity (Wildman–Crippen MR) is 71.9 cm³/mol. The molecule has 1 aliphatic rings. The van der Waals surface area contributed by atoms with Crippen molar-refractivity contribution < 1.29 is 4.74 Å². The first-order valence-corrected chi connectivity index (χ1v) is 6.81. The van der Waals surface area contributed by atoms with E-state index in [1.807, 2.05) is 0 Å². The molecular weight excluding hydrogens is 228 g/mol. The summed E-state index contributed by atoms with van der Waals surface area (Å²) in [4.78, 5) is 8.50. The van der Waals surface area contributed by atoms with Gasteiger partial charge < -0.3 is 15.4 Å². The van der Waals surface area contributed by atoms with E-state index < -0.39 is 0 Å². The Labute approximate surface area is 108 Å². The lowest BCUT2D eigenvalue weighted by Gasteiger charge is -2.11. The van der Waals surface area contributed by atoms with Gasteiger partial charge in [-0.1, -0.05) is 6.92 Å². The molecule has 2 rings (SSSR count). The normalized spacial score (nSPS) is 18.8. The van der Waals surface area contributed by atoms with E-state index in [4.69, 9.17) is 4.74 Å². The van der Waals surface area contributed by atoms with E-state index in [1.54, 1.807) is 12.3 Å². The van der Waals surface area contributed by atoms with Crippen LogP contribution in [-0.4, -0.2) is 35.7 Å². The minimum atomic E-state index is 0.647. The second-order valence-electron chi connectivity index (χ2n) is 4.58. The summed E-state index contributed by atoms with van der Waals surface area (Å²) in [5.41, 5.74) is 0. The topological polar surface area (TPSA) is 59.1 Å². The highest BCUT2D eigenvalue weighted by Crippen LogP contribution is 2.11. The van der Waals surface area contributed by atoms with Crippen molar-refractivity contribution in [2.45, 2.75) is 38.6 Å². The summed E-state index contributed by atoms with van der Waals surface area (Å²) in [6.45, 7) is 4.83. The van der Waals surface area contributed by atoms with Gasteiger partial charge >= 0.3 is 0 Å². The van der Waals surface area contributed by atoms with E-state index in [-0.39, 0.29) is 0 Å². The number of nitrogens with zero attached hydrogens (tertiary/aromatic N) is 2. The smallest absolute Gasteiger partial charge is 0.225 e. The molecule has 1 atom stereocenters. The molecule has 0 spiro atoms. The fraction of sp³-hybridized carbons (Fsp3) is 0.692. The van der Waals surface area contributed by atoms with Crippen LogP contribution < -0.4 is 15.4 Å². The molecule has 2 N–H and O–H groups in total. The summed E-state index contributed by atoms with van der Waals surface area (Å²) in [5.74, 6) is 1.30. The van der Waals surface area contributed by atoms with Crippen molar-refractivity contribution in [2.24, 2.45) is 0 Å². The summed E-state index contributed by atoms with van der Waals surface area (Å²) < 4.78 is 5.47. The summed E-state index contributed by atoms with van der Waals surface area (Å²) >= 11 is 0. The molecule has 1 aliphatic heterocycles. The fourth-order valence-electron chi connectivity index (χ4n) is 2.08. The van der Waals surface area contributed by atoms with Gasteiger partial charge in [-0.25, -0.2) is 4.98 Å². The molecular formula is C13H22N4O. The fourth-order valence-corrected chi connectivity index (χ4v) is 2.08. The van der Waals surface area contributed by atoms with E-state index in [0.717, 1.165) is 25.9 Å². The number of rotatable bonds is 7. The molecule has 100 valence electrons. The van der Waals surface area contributed by atoms with Crippen molar-refractivity contribution in [3.05, 3.63) is 12.3 Å². The Morgan fingerprint density at radius 3 is 3.28 bits per heavy atom. The molecule has 2 heterocycles. The predicted octanol–water partition coefficient (Wildman–Crippen LogP) is 1.82. The Morgan fingerprint density at radius 1 is 1.56 bits per heavy atom. The minimum Gasteiger partial charge on any atom is -0.478 e. The van der Waals surface area contributed by atoms with Crippen LogP contribution in [0, 0.1) is 0 Å². The third-order valence-corrected chi connectivity index (χ3v) is 3.02. The van der Waals surface area contributed by atoms with Gasteiger partial charge in [0, 0.05) is 24.8 Å². The number of ether oxygens (including phenoxy) is 1. The zero-order chi connectivity index (χ0) is 12.6. The van der Waals surface area contributed by atoms with Crippen molar-refractivity contribution in [3.8, 4) is 5.88 Å². The summed E-state index contributed by atoms with van der Waals surface area (Å²) in [6, 6.07) is 2.44. The van der Waals surface area contributed by atoms with Crippen molar-refractivity contribution in [1.82, 2.24) is 15.3 Å². The third kappa shape index (κ3) is 4.14. The Morgan fingerprint density at radius 2 is 2.50 bits per heavy atom. The second-order valence-corrected chi connectivity index (χ2v) is 4.58. The number of hydrogen-bond donors (Lipinski definition) is 2. The first-order valence-electron chi connectivity index (χ1n) is 6.81. The van der Waals surface area contributed by atoms with Gasteiger partial charge in [-0.15, -0.1) is 0 Å². The Balaban J connectivity index is 1.74. The monoisotopic (exact) mass is 250 g/mol. The zero-order valence-corrected chi connectivity index (χ0v) is 11.0. The first-order chi connectivity index (χ1) is 8.88. The van der Waals surface area contributed by atoms with Crippen molar-refractivity contribution >= 4 is 5.95 Å². The maximum absolute atomic E-state index is 5.47. The number of anilines is 1. The molecule has 1 fully saturated rings. The highest BCUT2D eigenvalue weighted by atomic mass is 16.5. The molecule has 0 bridgehead atoms. The van der Waals surface area contributed by atoms with Gasteiger partial charge in [0.15, 0.2) is 0 Å². The van der Waals surface area contributed by atoms with Gasteiger partial charge in [-0.05, 0) is 32.2 Å². The maximum Gasteiger partial charge on any atom is 0.225 e. The van der Waals surface area contributed by atoms with Crippen LogP contribution in [-0.2, 0) is 0 Å². The number of nitrogens with one attached hydrogen (secondary N) is 2. The molecule has 0 aromatic carbocycles. The van der Waals surface area contributed by atoms with Crippen molar-refractivity contribution in [3.63, 3.8) is 0 Å². The maximum atomic E-state index is 5.47. The van der Waals surface area contributed by atoms with Gasteiger partial charge in [0.2, 0.25) is 11.8 Å². The lowest BCUT2D eigenvalue weighted by atomic mass is 10.1. The van der Waals surface area contributed by atoms with Gasteiger partial charge in [-0.2, -0.15) is 4.98 Å². The Hall–Kier alpha value is -1.36. The molecule has 5 heteroatoms. The average Bonchev–Trinajstić information content (AvgIpc) is 2.90. The summed E-state index contributed by atoms with van der Waals surface area (Å²) in [5, 5.41) is 6.72. The van der Waals surface area contributed by atoms with Crippen LogP contribution in [0.15, 0.2) is 12.3 Å². The van der Waals surface area contributed by atoms with Crippen LogP contribution >= 0.6 is 0 Å². The van der Waals surface area contributed by atoms with Crippen LogP contribution in [0.5, 0.6) is 5.88 Å². The van der Waals surface area contributed by atoms with Crippen molar-refractivity contribution in [2.75, 3.05) is 25.0 Å². The van der Waals surface area contributed by atoms with E-state index >= 15 is 0 Å². The highest BCUT2D eigenvalue weighted by Gasteiger charge is 2.13. The largest absolute Gasteiger partial charge is 0.478 e. The van der Waals surface area contributed by atoms with E-state index in [2.05, 4.69) is 27.5 Å².